The first-order chi connectivity index (χ1) is 12.6. The number of nitrogens with zero attached hydrogens (tertiary/aromatic N) is 4. The Hall–Kier alpha value is -2.46. The molecule has 2 aliphatic heterocycles. The molecule has 27 heavy (non-hydrogen) atoms. The fourth-order valence-electron chi connectivity index (χ4n) is 3.18. The molecule has 1 unspecified atom stereocenters. The molecule has 0 saturated heterocycles. The highest BCUT2D eigenvalue weighted by atomic mass is 16.7. The number of aliphatic hydroxyl groups excluding tert-OH is 1. The van der Waals surface area contributed by atoms with E-state index in [1.165, 1.54) is 16.6 Å². The third-order valence-corrected chi connectivity index (χ3v) is 4.46. The maximum absolute atomic E-state index is 12.8. The molecule has 3 rings (SSSR count). The lowest BCUT2D eigenvalue weighted by molar-refractivity contribution is -0.209. The van der Waals surface area contributed by atoms with Gasteiger partial charge in [-0.05, 0) is 20.8 Å². The van der Waals surface area contributed by atoms with Crippen molar-refractivity contribution >= 4 is 18.3 Å². The van der Waals surface area contributed by atoms with Crippen LogP contribution in [0.3, 0.4) is 0 Å². The Kier molecular flexibility index (Phi) is 4.73. The van der Waals surface area contributed by atoms with Crippen molar-refractivity contribution in [3.8, 4) is 0 Å². The van der Waals surface area contributed by atoms with Gasteiger partial charge in [0.05, 0.1) is 25.4 Å². The fraction of sp³-hybridized carbons (Fsp3) is 0.647. The number of aldehydes is 1. The number of ether oxygens (including phenoxy) is 1. The number of aromatic nitrogens is 2. The summed E-state index contributed by atoms with van der Waals surface area (Å²) in [6.45, 7) is 5.26. The van der Waals surface area contributed by atoms with Crippen LogP contribution in [0.5, 0.6) is 0 Å². The minimum absolute atomic E-state index is 0.0994. The third-order valence-electron chi connectivity index (χ3n) is 4.46. The molecule has 0 fully saturated rings. The summed E-state index contributed by atoms with van der Waals surface area (Å²) >= 11 is 0. The number of hydroxylamine groups is 2. The zero-order valence-electron chi connectivity index (χ0n) is 15.9. The number of carbonyl (C=O) groups is 3. The van der Waals surface area contributed by atoms with Crippen molar-refractivity contribution in [1.82, 2.24) is 19.7 Å². The minimum Gasteiger partial charge on any atom is -0.444 e. The van der Waals surface area contributed by atoms with Gasteiger partial charge in [-0.15, -0.1) is 0 Å². The highest BCUT2D eigenvalue weighted by Gasteiger charge is 2.43. The maximum Gasteiger partial charge on any atom is 0.410 e. The van der Waals surface area contributed by atoms with Gasteiger partial charge in [-0.2, -0.15) is 5.10 Å². The highest BCUT2D eigenvalue weighted by Crippen LogP contribution is 2.29. The van der Waals surface area contributed by atoms with E-state index in [-0.39, 0.29) is 18.8 Å². The van der Waals surface area contributed by atoms with Crippen molar-refractivity contribution in [2.45, 2.75) is 51.5 Å². The molecule has 1 aromatic rings. The first kappa shape index (κ1) is 19.3. The first-order valence-electron chi connectivity index (χ1n) is 8.70. The van der Waals surface area contributed by atoms with E-state index in [0.717, 1.165) is 5.06 Å². The Morgan fingerprint density at radius 2 is 2.15 bits per heavy atom. The Bertz CT molecular complexity index is 783. The average molecular weight is 380 g/mol. The number of rotatable bonds is 2. The first-order valence-corrected chi connectivity index (χ1v) is 8.70. The SMILES string of the molecule is CN1OC(C=O)(CO)Cn2nc3c(c2C1=O)CN(C(=O)OC(C)(C)C)CC3. The molecular formula is C17H24N4O6. The van der Waals surface area contributed by atoms with Crippen LogP contribution in [0.4, 0.5) is 4.79 Å². The summed E-state index contributed by atoms with van der Waals surface area (Å²) in [6, 6.07) is 0. The number of fused-ring (bicyclic) bond motifs is 3. The predicted molar refractivity (Wildman–Crippen MR) is 91.6 cm³/mol. The van der Waals surface area contributed by atoms with Crippen LogP contribution in [0, 0.1) is 0 Å². The molecule has 0 spiro atoms. The second-order valence-corrected chi connectivity index (χ2v) is 7.82. The van der Waals surface area contributed by atoms with Gasteiger partial charge < -0.3 is 14.7 Å². The summed E-state index contributed by atoms with van der Waals surface area (Å²) < 4.78 is 6.80. The van der Waals surface area contributed by atoms with E-state index < -0.39 is 29.8 Å². The quantitative estimate of drug-likeness (QED) is 0.725. The molecule has 148 valence electrons. The number of hydrogen-bond acceptors (Lipinski definition) is 7. The van der Waals surface area contributed by atoms with Crippen LogP contribution in [-0.2, 0) is 33.9 Å². The van der Waals surface area contributed by atoms with E-state index in [1.807, 2.05) is 0 Å². The van der Waals surface area contributed by atoms with Crippen LogP contribution in [0.25, 0.3) is 0 Å². The van der Waals surface area contributed by atoms with E-state index >= 15 is 0 Å². The van der Waals surface area contributed by atoms with Crippen molar-refractivity contribution in [3.63, 3.8) is 0 Å². The molecule has 1 N–H and O–H groups in total. The summed E-state index contributed by atoms with van der Waals surface area (Å²) in [5, 5.41) is 15.0. The number of aliphatic hydroxyl groups is 1. The lowest BCUT2D eigenvalue weighted by Crippen LogP contribution is -2.46. The highest BCUT2D eigenvalue weighted by molar-refractivity contribution is 5.94. The molecule has 10 nitrogen and oxygen atoms in total. The molecule has 0 aromatic carbocycles. The molecule has 1 atom stereocenters. The number of amides is 2. The van der Waals surface area contributed by atoms with E-state index in [9.17, 15) is 19.5 Å². The predicted octanol–water partition coefficient (Wildman–Crippen LogP) is 0.123. The summed E-state index contributed by atoms with van der Waals surface area (Å²) in [5.41, 5.74) is -0.673. The normalized spacial score (nSPS) is 22.8. The van der Waals surface area contributed by atoms with Crippen LogP contribution >= 0.6 is 0 Å². The zero-order chi connectivity index (χ0) is 20.0. The maximum atomic E-state index is 12.8. The largest absolute Gasteiger partial charge is 0.444 e. The van der Waals surface area contributed by atoms with Gasteiger partial charge in [0.1, 0.15) is 11.3 Å². The van der Waals surface area contributed by atoms with Crippen LogP contribution < -0.4 is 0 Å². The fourth-order valence-corrected chi connectivity index (χ4v) is 3.18. The Balaban J connectivity index is 1.95. The average Bonchev–Trinajstić information content (AvgIpc) is 2.90. The standard InChI is InChI=1S/C17H24N4O6/c1-16(2,3)26-15(25)20-6-5-12-11(7-20)13-14(24)19(4)27-17(9-22,10-23)8-21(13)18-12/h9,23H,5-8,10H2,1-4H3. The summed E-state index contributed by atoms with van der Waals surface area (Å²) in [5.74, 6) is -0.494. The Morgan fingerprint density at radius 3 is 2.74 bits per heavy atom. The molecule has 0 aliphatic carbocycles. The topological polar surface area (TPSA) is 114 Å². The lowest BCUT2D eigenvalue weighted by Gasteiger charge is -2.30. The van der Waals surface area contributed by atoms with Crippen molar-refractivity contribution in [1.29, 1.82) is 0 Å². The van der Waals surface area contributed by atoms with Crippen LogP contribution in [0.1, 0.15) is 42.5 Å². The van der Waals surface area contributed by atoms with E-state index in [4.69, 9.17) is 9.57 Å². The molecule has 3 heterocycles. The van der Waals surface area contributed by atoms with Crippen LogP contribution in [-0.4, -0.2) is 74.5 Å². The number of hydrogen-bond donors (Lipinski definition) is 1. The van der Waals surface area contributed by atoms with Gasteiger partial charge in [0.2, 0.25) is 0 Å². The second kappa shape index (κ2) is 6.61. The second-order valence-electron chi connectivity index (χ2n) is 7.82. The van der Waals surface area contributed by atoms with Crippen molar-refractivity contribution in [3.05, 3.63) is 17.0 Å². The molecule has 0 bridgehead atoms. The number of carbonyl (C=O) groups excluding carboxylic acids is 3. The van der Waals surface area contributed by atoms with Gasteiger partial charge in [-0.3, -0.25) is 19.1 Å². The van der Waals surface area contributed by atoms with Crippen molar-refractivity contribution in [2.75, 3.05) is 20.2 Å². The van der Waals surface area contributed by atoms with Gasteiger partial charge in [0.25, 0.3) is 5.91 Å². The molecule has 0 saturated carbocycles. The molecule has 2 aliphatic rings. The molecule has 10 heteroatoms. The van der Waals surface area contributed by atoms with Gasteiger partial charge >= 0.3 is 6.09 Å². The van der Waals surface area contributed by atoms with E-state index in [0.29, 0.717) is 30.5 Å². The van der Waals surface area contributed by atoms with E-state index in [1.54, 1.807) is 20.8 Å². The van der Waals surface area contributed by atoms with Gasteiger partial charge in [-0.1, -0.05) is 0 Å². The van der Waals surface area contributed by atoms with Crippen molar-refractivity contribution < 1.29 is 29.1 Å². The van der Waals surface area contributed by atoms with Gasteiger partial charge in [-0.25, -0.2) is 9.86 Å². The smallest absolute Gasteiger partial charge is 0.410 e. The molecule has 1 aromatic heterocycles. The molecule has 2 amide bonds. The molecular weight excluding hydrogens is 356 g/mol. The van der Waals surface area contributed by atoms with E-state index in [2.05, 4.69) is 5.10 Å². The minimum atomic E-state index is -1.59. The Labute approximate surface area is 156 Å². The van der Waals surface area contributed by atoms with Gasteiger partial charge in [0, 0.05) is 25.6 Å². The van der Waals surface area contributed by atoms with Crippen LogP contribution in [0.2, 0.25) is 0 Å². The molecule has 0 radical (unpaired) electrons. The van der Waals surface area contributed by atoms with Crippen molar-refractivity contribution in [2.24, 2.45) is 0 Å². The third kappa shape index (κ3) is 3.54. The zero-order valence-corrected chi connectivity index (χ0v) is 15.9. The summed E-state index contributed by atoms with van der Waals surface area (Å²) in [4.78, 5) is 43.6. The van der Waals surface area contributed by atoms with Crippen LogP contribution in [0.15, 0.2) is 0 Å². The Morgan fingerprint density at radius 1 is 1.44 bits per heavy atom. The summed E-state index contributed by atoms with van der Waals surface area (Å²) in [6.07, 6.45) is 0.468. The summed E-state index contributed by atoms with van der Waals surface area (Å²) in [7, 11) is 1.37. The lowest BCUT2D eigenvalue weighted by atomic mass is 10.0. The van der Waals surface area contributed by atoms with Gasteiger partial charge in [0.15, 0.2) is 11.9 Å². The monoisotopic (exact) mass is 380 g/mol.